The Hall–Kier alpha value is -1.01. The topological polar surface area (TPSA) is 91.4 Å². The Balaban J connectivity index is 3.11. The van der Waals surface area contributed by atoms with E-state index < -0.39 is 26.0 Å². The molecular formula is C27H49NO7P2. The normalized spacial score (nSPS) is 17.0. The van der Waals surface area contributed by atoms with Crippen molar-refractivity contribution in [3.05, 3.63) is 34.9 Å². The highest BCUT2D eigenvalue weighted by molar-refractivity contribution is 7.76. The van der Waals surface area contributed by atoms with Gasteiger partial charge in [0, 0.05) is 19.5 Å². The van der Waals surface area contributed by atoms with Gasteiger partial charge in [-0.25, -0.2) is 0 Å². The molecular weight excluding hydrogens is 512 g/mol. The molecule has 0 bridgehead atoms. The van der Waals surface area contributed by atoms with E-state index in [4.69, 9.17) is 18.1 Å². The Bertz CT molecular complexity index is 872. The van der Waals surface area contributed by atoms with E-state index in [-0.39, 0.29) is 39.4 Å². The number of nitrogens with zero attached hydrogens (tertiary/aromatic N) is 1. The number of likely N-dealkylation sites (tertiary alicyclic amines) is 1. The Labute approximate surface area is 224 Å². The van der Waals surface area contributed by atoms with Crippen LogP contribution in [0.5, 0.6) is 0 Å². The van der Waals surface area contributed by atoms with Crippen molar-refractivity contribution in [2.24, 2.45) is 0 Å². The summed E-state index contributed by atoms with van der Waals surface area (Å²) in [5.41, 5.74) is 3.86. The van der Waals surface area contributed by atoms with Crippen molar-refractivity contribution < 1.29 is 32.0 Å². The molecule has 214 valence electrons. The van der Waals surface area contributed by atoms with Gasteiger partial charge in [-0.1, -0.05) is 34.9 Å². The van der Waals surface area contributed by atoms with Gasteiger partial charge in [0.15, 0.2) is 0 Å². The van der Waals surface area contributed by atoms with E-state index in [1.165, 1.54) is 11.1 Å². The third-order valence-electron chi connectivity index (χ3n) is 6.25. The van der Waals surface area contributed by atoms with Gasteiger partial charge in [0.25, 0.3) is 10.8 Å². The zero-order valence-corrected chi connectivity index (χ0v) is 26.0. The van der Waals surface area contributed by atoms with Gasteiger partial charge in [0.2, 0.25) is 0 Å². The third kappa shape index (κ3) is 8.74. The maximum absolute atomic E-state index is 14.1. The van der Waals surface area contributed by atoms with Crippen LogP contribution >= 0.6 is 15.2 Å². The molecule has 0 aromatic heterocycles. The Morgan fingerprint density at radius 3 is 1.65 bits per heavy atom. The largest absolute Gasteiger partial charge is 0.358 e. The van der Waals surface area contributed by atoms with Gasteiger partial charge in [-0.2, -0.15) is 0 Å². The monoisotopic (exact) mass is 561 g/mol. The van der Waals surface area contributed by atoms with Crippen molar-refractivity contribution in [1.29, 1.82) is 0 Å². The molecule has 8 nitrogen and oxygen atoms in total. The molecule has 1 amide bonds. The van der Waals surface area contributed by atoms with Crippen molar-refractivity contribution in [1.82, 2.24) is 4.90 Å². The number of allylic oxidation sites excluding steroid dienone is 5. The van der Waals surface area contributed by atoms with Gasteiger partial charge in [-0.05, 0) is 81.1 Å². The van der Waals surface area contributed by atoms with Crippen LogP contribution in [0.2, 0.25) is 0 Å². The van der Waals surface area contributed by atoms with E-state index in [2.05, 4.69) is 32.9 Å². The molecule has 0 spiro atoms. The minimum absolute atomic E-state index is 0.000883. The first-order valence-electron chi connectivity index (χ1n) is 13.5. The van der Waals surface area contributed by atoms with Crippen molar-refractivity contribution in [3.8, 4) is 0 Å². The van der Waals surface area contributed by atoms with E-state index in [9.17, 15) is 13.9 Å². The highest BCUT2D eigenvalue weighted by atomic mass is 31.2. The summed E-state index contributed by atoms with van der Waals surface area (Å²) in [7, 11) is -8.40. The van der Waals surface area contributed by atoms with Crippen molar-refractivity contribution in [3.63, 3.8) is 0 Å². The average Bonchev–Trinajstić information content (AvgIpc) is 3.16. The van der Waals surface area contributed by atoms with Crippen LogP contribution in [0.25, 0.3) is 0 Å². The predicted octanol–water partition coefficient (Wildman–Crippen LogP) is 7.87. The van der Waals surface area contributed by atoms with Crippen LogP contribution in [-0.2, 0) is 32.0 Å². The van der Waals surface area contributed by atoms with Gasteiger partial charge < -0.3 is 23.0 Å². The van der Waals surface area contributed by atoms with Crippen molar-refractivity contribution in [2.45, 2.75) is 92.4 Å². The number of rotatable bonds is 18. The third-order valence-corrected chi connectivity index (χ3v) is 12.7. The van der Waals surface area contributed by atoms with E-state index in [1.807, 2.05) is 13.0 Å². The summed E-state index contributed by atoms with van der Waals surface area (Å²) >= 11 is 0. The fraction of sp³-hybridized carbons (Fsp3) is 0.741. The molecule has 1 saturated heterocycles. The molecule has 1 heterocycles. The summed E-state index contributed by atoms with van der Waals surface area (Å²) in [6.07, 6.45) is 10.4. The van der Waals surface area contributed by atoms with Crippen LogP contribution in [0.15, 0.2) is 34.9 Å². The second kappa shape index (κ2) is 16.2. The Morgan fingerprint density at radius 2 is 1.22 bits per heavy atom. The van der Waals surface area contributed by atoms with Crippen molar-refractivity contribution in [2.75, 3.05) is 39.5 Å². The summed E-state index contributed by atoms with van der Waals surface area (Å²) in [6, 6.07) is 0. The highest BCUT2D eigenvalue weighted by Gasteiger charge is 2.73. The molecule has 10 heteroatoms. The van der Waals surface area contributed by atoms with Gasteiger partial charge in [0.1, 0.15) is 0 Å². The van der Waals surface area contributed by atoms with Crippen LogP contribution in [0.3, 0.4) is 0 Å². The number of hydrogen-bond acceptors (Lipinski definition) is 7. The lowest BCUT2D eigenvalue weighted by atomic mass is 10.1. The molecule has 37 heavy (non-hydrogen) atoms. The second-order valence-corrected chi connectivity index (χ2v) is 14.3. The molecule has 0 saturated carbocycles. The van der Waals surface area contributed by atoms with E-state index >= 15 is 0 Å². The van der Waals surface area contributed by atoms with Gasteiger partial charge >= 0.3 is 15.2 Å². The summed E-state index contributed by atoms with van der Waals surface area (Å²) in [5.74, 6) is -0.568. The lowest BCUT2D eigenvalue weighted by Gasteiger charge is -2.38. The maximum atomic E-state index is 14.1. The summed E-state index contributed by atoms with van der Waals surface area (Å²) in [5, 5.41) is 0. The van der Waals surface area contributed by atoms with Gasteiger partial charge in [0.05, 0.1) is 26.4 Å². The molecule has 0 unspecified atom stereocenters. The van der Waals surface area contributed by atoms with Crippen molar-refractivity contribution >= 4 is 21.1 Å². The van der Waals surface area contributed by atoms with E-state index in [1.54, 1.807) is 32.6 Å². The average molecular weight is 562 g/mol. The van der Waals surface area contributed by atoms with Crippen LogP contribution < -0.4 is 0 Å². The number of amides is 1. The zero-order valence-electron chi connectivity index (χ0n) is 24.2. The van der Waals surface area contributed by atoms with Crippen LogP contribution in [0.4, 0.5) is 0 Å². The first-order chi connectivity index (χ1) is 17.5. The molecule has 0 atom stereocenters. The summed E-state index contributed by atoms with van der Waals surface area (Å²) in [6.45, 7) is 15.8. The van der Waals surface area contributed by atoms with E-state index in [0.29, 0.717) is 6.54 Å². The van der Waals surface area contributed by atoms with E-state index in [0.717, 1.165) is 31.3 Å². The van der Waals surface area contributed by atoms with Gasteiger partial charge in [-0.3, -0.25) is 13.9 Å². The van der Waals surface area contributed by atoms with Crippen LogP contribution in [-0.4, -0.2) is 55.2 Å². The smallest absolute Gasteiger partial charge is 0.337 e. The molecule has 1 aliphatic heterocycles. The predicted molar refractivity (Wildman–Crippen MR) is 151 cm³/mol. The maximum Gasteiger partial charge on any atom is 0.358 e. The fourth-order valence-electron chi connectivity index (χ4n) is 4.37. The number of carbonyl (C=O) groups is 1. The first-order valence-corrected chi connectivity index (χ1v) is 16.6. The minimum atomic E-state index is -4.20. The number of hydrogen-bond donors (Lipinski definition) is 0. The molecule has 0 radical (unpaired) electrons. The Morgan fingerprint density at radius 1 is 0.784 bits per heavy atom. The first kappa shape index (κ1) is 34.0. The lowest BCUT2D eigenvalue weighted by Crippen LogP contribution is -2.42. The molecule has 0 aromatic carbocycles. The lowest BCUT2D eigenvalue weighted by molar-refractivity contribution is -0.128. The second-order valence-electron chi connectivity index (χ2n) is 9.44. The summed E-state index contributed by atoms with van der Waals surface area (Å²) in [4.78, 5) is 13.4. The quantitative estimate of drug-likeness (QED) is 0.124. The molecule has 1 rings (SSSR count). The standard InChI is InChI=1S/C27H49NO7P2/c1-9-32-36(30,33-10-2)27(37(31,34-11-3)35-12-4)20-22-28(26(27)29)21-19-25(8)18-14-17-24(7)16-13-15-23(5)6/h15,17,19H,9-14,16,18,20-22H2,1-8H3/b24-17+,25-19+. The minimum Gasteiger partial charge on any atom is -0.337 e. The molecule has 0 N–H and O–H groups in total. The van der Waals surface area contributed by atoms with Crippen LogP contribution in [0.1, 0.15) is 87.5 Å². The SMILES string of the molecule is CCOP(=O)(OCC)C1(P(=O)(OCC)OCC)CCN(C/C=C(\C)CC/C=C(\C)CCC=C(C)C)C1=O. The molecule has 1 fully saturated rings. The molecule has 1 aliphatic rings. The van der Waals surface area contributed by atoms with Crippen LogP contribution in [0, 0.1) is 0 Å². The Kier molecular flexibility index (Phi) is 14.9. The van der Waals surface area contributed by atoms with Gasteiger partial charge in [-0.15, -0.1) is 0 Å². The highest BCUT2D eigenvalue weighted by Crippen LogP contribution is 2.80. The molecule has 0 aliphatic carbocycles. The fourth-order valence-corrected chi connectivity index (χ4v) is 10.1. The summed E-state index contributed by atoms with van der Waals surface area (Å²) < 4.78 is 50.5. The number of carbonyl (C=O) groups excluding carboxylic acids is 1. The zero-order chi connectivity index (χ0) is 28.1. The molecule has 0 aromatic rings.